The van der Waals surface area contributed by atoms with Crippen molar-refractivity contribution in [2.24, 2.45) is 0 Å². The van der Waals surface area contributed by atoms with Gasteiger partial charge in [0.25, 0.3) is 0 Å². The van der Waals surface area contributed by atoms with E-state index in [9.17, 15) is 9.18 Å². The predicted octanol–water partition coefficient (Wildman–Crippen LogP) is 1.67. The first-order valence-electron chi connectivity index (χ1n) is 7.26. The Labute approximate surface area is 129 Å². The molecule has 6 heteroatoms. The fourth-order valence-corrected chi connectivity index (χ4v) is 2.88. The highest BCUT2D eigenvalue weighted by atomic mass is 19.1. The van der Waals surface area contributed by atoms with Crippen molar-refractivity contribution >= 4 is 5.91 Å². The minimum Gasteiger partial charge on any atom is -0.333 e. The Kier molecular flexibility index (Phi) is 3.94. The molecule has 1 aromatic carbocycles. The van der Waals surface area contributed by atoms with Crippen LogP contribution in [0.25, 0.3) is 0 Å². The molecule has 3 rings (SSSR count). The number of benzene rings is 1. The van der Waals surface area contributed by atoms with Crippen LogP contribution in [0.2, 0.25) is 0 Å². The first kappa shape index (κ1) is 14.7. The SMILES string of the molecule is CN(C)[C@H](C(=O)N1CCn2cncc2C1)c1cccc(F)c1. The quantitative estimate of drug-likeness (QED) is 0.866. The molecule has 1 aliphatic heterocycles. The maximum Gasteiger partial charge on any atom is 0.244 e. The first-order chi connectivity index (χ1) is 10.6. The van der Waals surface area contributed by atoms with Crippen molar-refractivity contribution in [1.82, 2.24) is 19.4 Å². The average molecular weight is 302 g/mol. The summed E-state index contributed by atoms with van der Waals surface area (Å²) in [7, 11) is 3.67. The number of carbonyl (C=O) groups is 1. The summed E-state index contributed by atoms with van der Waals surface area (Å²) < 4.78 is 15.5. The predicted molar refractivity (Wildman–Crippen MR) is 80.5 cm³/mol. The lowest BCUT2D eigenvalue weighted by Crippen LogP contribution is -2.44. The number of halogens is 1. The molecule has 0 radical (unpaired) electrons. The second-order valence-corrected chi connectivity index (χ2v) is 5.76. The molecule has 0 unspecified atom stereocenters. The molecular formula is C16H19FN4O. The highest BCUT2D eigenvalue weighted by molar-refractivity contribution is 5.83. The summed E-state index contributed by atoms with van der Waals surface area (Å²) in [6.45, 7) is 1.92. The molecule has 0 saturated heterocycles. The van der Waals surface area contributed by atoms with Crippen molar-refractivity contribution in [2.75, 3.05) is 20.6 Å². The molecule has 0 aliphatic carbocycles. The zero-order chi connectivity index (χ0) is 15.7. The standard InChI is InChI=1S/C16H19FN4O/c1-19(2)15(12-4-3-5-13(17)8-12)16(22)20-6-7-21-11-18-9-14(21)10-20/h3-5,8-9,11,15H,6-7,10H2,1-2H3/t15-/m0/s1. The first-order valence-corrected chi connectivity index (χ1v) is 7.26. The molecule has 0 spiro atoms. The zero-order valence-electron chi connectivity index (χ0n) is 12.7. The smallest absolute Gasteiger partial charge is 0.244 e. The minimum atomic E-state index is -0.481. The molecule has 1 aromatic heterocycles. The van der Waals surface area contributed by atoms with Crippen molar-refractivity contribution in [1.29, 1.82) is 0 Å². The number of carbonyl (C=O) groups excluding carboxylic acids is 1. The molecule has 22 heavy (non-hydrogen) atoms. The number of hydrogen-bond acceptors (Lipinski definition) is 3. The van der Waals surface area contributed by atoms with Gasteiger partial charge in [-0.3, -0.25) is 9.69 Å². The van der Waals surface area contributed by atoms with Gasteiger partial charge in [0.05, 0.1) is 18.6 Å². The Bertz CT molecular complexity index is 682. The number of fused-ring (bicyclic) bond motifs is 1. The van der Waals surface area contributed by atoms with Crippen LogP contribution in [0, 0.1) is 5.82 Å². The van der Waals surface area contributed by atoms with Crippen molar-refractivity contribution in [3.63, 3.8) is 0 Å². The average Bonchev–Trinajstić information content (AvgIpc) is 2.94. The van der Waals surface area contributed by atoms with E-state index in [1.165, 1.54) is 12.1 Å². The number of amides is 1. The fourth-order valence-electron chi connectivity index (χ4n) is 2.88. The fraction of sp³-hybridized carbons (Fsp3) is 0.375. The van der Waals surface area contributed by atoms with Crippen LogP contribution in [0.5, 0.6) is 0 Å². The maximum absolute atomic E-state index is 13.5. The summed E-state index contributed by atoms with van der Waals surface area (Å²) in [6.07, 6.45) is 3.57. The zero-order valence-corrected chi connectivity index (χ0v) is 12.7. The van der Waals surface area contributed by atoms with Crippen LogP contribution in [-0.4, -0.2) is 45.9 Å². The third-order valence-electron chi connectivity index (χ3n) is 3.99. The van der Waals surface area contributed by atoms with E-state index in [1.54, 1.807) is 24.7 Å². The summed E-state index contributed by atoms with van der Waals surface area (Å²) >= 11 is 0. The molecule has 116 valence electrons. The summed E-state index contributed by atoms with van der Waals surface area (Å²) in [4.78, 5) is 20.7. The van der Waals surface area contributed by atoms with Gasteiger partial charge in [0, 0.05) is 19.3 Å². The van der Waals surface area contributed by atoms with Gasteiger partial charge < -0.3 is 9.47 Å². The Balaban J connectivity index is 1.85. The van der Waals surface area contributed by atoms with E-state index >= 15 is 0 Å². The van der Waals surface area contributed by atoms with Gasteiger partial charge in [-0.25, -0.2) is 9.37 Å². The number of rotatable bonds is 3. The lowest BCUT2D eigenvalue weighted by Gasteiger charge is -2.33. The minimum absolute atomic E-state index is 0.0111. The molecular weight excluding hydrogens is 283 g/mol. The molecule has 0 N–H and O–H groups in total. The van der Waals surface area contributed by atoms with Crippen LogP contribution in [0.1, 0.15) is 17.3 Å². The van der Waals surface area contributed by atoms with E-state index in [0.29, 0.717) is 18.7 Å². The molecule has 1 amide bonds. The molecule has 0 saturated carbocycles. The van der Waals surface area contributed by atoms with Crippen LogP contribution in [0.15, 0.2) is 36.8 Å². The molecule has 0 bridgehead atoms. The van der Waals surface area contributed by atoms with Crippen LogP contribution in [0.4, 0.5) is 4.39 Å². The van der Waals surface area contributed by atoms with E-state index in [4.69, 9.17) is 0 Å². The normalized spacial score (nSPS) is 15.7. The number of hydrogen-bond donors (Lipinski definition) is 0. The number of likely N-dealkylation sites (N-methyl/N-ethyl adjacent to an activating group) is 1. The molecule has 2 heterocycles. The van der Waals surface area contributed by atoms with Gasteiger partial charge in [-0.2, -0.15) is 0 Å². The van der Waals surface area contributed by atoms with Gasteiger partial charge in [0.15, 0.2) is 0 Å². The Hall–Kier alpha value is -2.21. The summed E-state index contributed by atoms with van der Waals surface area (Å²) in [6, 6.07) is 5.77. The molecule has 1 atom stereocenters. The van der Waals surface area contributed by atoms with Gasteiger partial charge >= 0.3 is 0 Å². The van der Waals surface area contributed by atoms with Gasteiger partial charge in [0.2, 0.25) is 5.91 Å². The Morgan fingerprint density at radius 2 is 2.18 bits per heavy atom. The van der Waals surface area contributed by atoms with Gasteiger partial charge in [-0.1, -0.05) is 12.1 Å². The second kappa shape index (κ2) is 5.88. The molecule has 0 fully saturated rings. The number of nitrogens with zero attached hydrogens (tertiary/aromatic N) is 4. The summed E-state index contributed by atoms with van der Waals surface area (Å²) in [5.41, 5.74) is 1.70. The lowest BCUT2D eigenvalue weighted by molar-refractivity contribution is -0.137. The van der Waals surface area contributed by atoms with Crippen molar-refractivity contribution in [2.45, 2.75) is 19.1 Å². The van der Waals surface area contributed by atoms with E-state index in [2.05, 4.69) is 9.55 Å². The molecule has 1 aliphatic rings. The topological polar surface area (TPSA) is 41.4 Å². The lowest BCUT2D eigenvalue weighted by atomic mass is 10.0. The largest absolute Gasteiger partial charge is 0.333 e. The van der Waals surface area contributed by atoms with Crippen molar-refractivity contribution in [3.8, 4) is 0 Å². The second-order valence-electron chi connectivity index (χ2n) is 5.76. The Morgan fingerprint density at radius 1 is 1.36 bits per heavy atom. The Morgan fingerprint density at radius 3 is 2.91 bits per heavy atom. The highest BCUT2D eigenvalue weighted by Crippen LogP contribution is 2.24. The van der Waals surface area contributed by atoms with Crippen LogP contribution >= 0.6 is 0 Å². The van der Waals surface area contributed by atoms with Gasteiger partial charge in [-0.05, 0) is 31.8 Å². The van der Waals surface area contributed by atoms with E-state index in [-0.39, 0.29) is 11.7 Å². The maximum atomic E-state index is 13.5. The summed E-state index contributed by atoms with van der Waals surface area (Å²) in [5, 5.41) is 0. The highest BCUT2D eigenvalue weighted by Gasteiger charge is 2.30. The summed E-state index contributed by atoms with van der Waals surface area (Å²) in [5.74, 6) is -0.336. The van der Waals surface area contributed by atoms with E-state index in [1.807, 2.05) is 23.9 Å². The van der Waals surface area contributed by atoms with E-state index < -0.39 is 6.04 Å². The van der Waals surface area contributed by atoms with Crippen LogP contribution in [0.3, 0.4) is 0 Å². The van der Waals surface area contributed by atoms with Crippen LogP contribution < -0.4 is 0 Å². The van der Waals surface area contributed by atoms with Gasteiger partial charge in [0.1, 0.15) is 11.9 Å². The van der Waals surface area contributed by atoms with E-state index in [0.717, 1.165) is 12.2 Å². The monoisotopic (exact) mass is 302 g/mol. The van der Waals surface area contributed by atoms with Crippen molar-refractivity contribution < 1.29 is 9.18 Å². The number of imidazole rings is 1. The third-order valence-corrected chi connectivity index (χ3v) is 3.99. The molecule has 2 aromatic rings. The van der Waals surface area contributed by atoms with Crippen LogP contribution in [-0.2, 0) is 17.9 Å². The third kappa shape index (κ3) is 2.74. The number of aromatic nitrogens is 2. The molecule has 5 nitrogen and oxygen atoms in total. The van der Waals surface area contributed by atoms with Gasteiger partial charge in [-0.15, -0.1) is 0 Å². The van der Waals surface area contributed by atoms with Crippen molar-refractivity contribution in [3.05, 3.63) is 53.9 Å².